The van der Waals surface area contributed by atoms with Crippen molar-refractivity contribution in [1.82, 2.24) is 24.0 Å². The van der Waals surface area contributed by atoms with Crippen LogP contribution >= 0.6 is 0 Å². The highest BCUT2D eigenvalue weighted by Crippen LogP contribution is 2.15. The molecule has 0 spiro atoms. The minimum absolute atomic E-state index is 0.116. The third-order valence-corrected chi connectivity index (χ3v) is 4.76. The molecule has 2 aromatic heterocycles. The van der Waals surface area contributed by atoms with Crippen LogP contribution in [0.3, 0.4) is 0 Å². The van der Waals surface area contributed by atoms with Gasteiger partial charge in [-0.3, -0.25) is 23.5 Å². The summed E-state index contributed by atoms with van der Waals surface area (Å²) in [5, 5.41) is 2.54. The lowest BCUT2D eigenvalue weighted by Gasteiger charge is -2.07. The fourth-order valence-electron chi connectivity index (χ4n) is 3.22. The maximum atomic E-state index is 12.5. The number of imidazole rings is 1. The van der Waals surface area contributed by atoms with Crippen molar-refractivity contribution in [2.45, 2.75) is 13.0 Å². The maximum Gasteiger partial charge on any atom is 0.332 e. The Morgan fingerprint density at radius 3 is 2.43 bits per heavy atom. The second-order valence-electron chi connectivity index (χ2n) is 6.70. The van der Waals surface area contributed by atoms with Crippen LogP contribution in [-0.2, 0) is 30.2 Å². The maximum absolute atomic E-state index is 12.5. The Morgan fingerprint density at radius 1 is 1.07 bits per heavy atom. The van der Waals surface area contributed by atoms with E-state index in [0.717, 1.165) is 15.7 Å². The molecule has 0 bridgehead atoms. The smallest absolute Gasteiger partial charge is 0.323 e. The second kappa shape index (κ2) is 6.45. The fraction of sp³-hybridized carbons (Fsp3) is 0.211. The van der Waals surface area contributed by atoms with Crippen molar-refractivity contribution in [1.29, 1.82) is 0 Å². The highest BCUT2D eigenvalue weighted by Gasteiger charge is 2.23. The van der Waals surface area contributed by atoms with Gasteiger partial charge in [0.05, 0.1) is 18.4 Å². The summed E-state index contributed by atoms with van der Waals surface area (Å²) in [5.41, 5.74) is 1.87. The van der Waals surface area contributed by atoms with E-state index < -0.39 is 11.2 Å². The first-order valence-electron chi connectivity index (χ1n) is 8.59. The van der Waals surface area contributed by atoms with Crippen LogP contribution in [-0.4, -0.2) is 30.4 Å². The molecular weight excluding hydrogens is 362 g/mol. The SMILES string of the molecule is Cn1c(=O)c2c(ncn2Cc2ccc(/C=C3\NC(=O)CC3=O)cc2)n(C)c1=O. The molecule has 142 valence electrons. The average molecular weight is 379 g/mol. The van der Waals surface area contributed by atoms with Gasteiger partial charge in [-0.25, -0.2) is 9.78 Å². The first kappa shape index (κ1) is 17.7. The number of amides is 1. The van der Waals surface area contributed by atoms with Crippen LogP contribution in [0.4, 0.5) is 0 Å². The van der Waals surface area contributed by atoms with Crippen molar-refractivity contribution in [2.24, 2.45) is 14.1 Å². The Bertz CT molecular complexity index is 1270. The van der Waals surface area contributed by atoms with E-state index in [1.807, 2.05) is 24.3 Å². The summed E-state index contributed by atoms with van der Waals surface area (Å²) in [6.45, 7) is 0.399. The van der Waals surface area contributed by atoms with Gasteiger partial charge in [0, 0.05) is 20.6 Å². The van der Waals surface area contributed by atoms with Gasteiger partial charge in [-0.2, -0.15) is 0 Å². The summed E-state index contributed by atoms with van der Waals surface area (Å²) >= 11 is 0. The molecule has 1 amide bonds. The van der Waals surface area contributed by atoms with E-state index in [0.29, 0.717) is 23.4 Å². The summed E-state index contributed by atoms with van der Waals surface area (Å²) < 4.78 is 4.10. The van der Waals surface area contributed by atoms with Crippen molar-refractivity contribution in [3.05, 3.63) is 68.3 Å². The third kappa shape index (κ3) is 2.86. The molecule has 9 nitrogen and oxygen atoms in total. The summed E-state index contributed by atoms with van der Waals surface area (Å²) in [6.07, 6.45) is 3.05. The van der Waals surface area contributed by atoms with Gasteiger partial charge in [-0.15, -0.1) is 0 Å². The highest BCUT2D eigenvalue weighted by atomic mass is 16.2. The molecule has 0 radical (unpaired) electrons. The number of rotatable bonds is 3. The summed E-state index contributed by atoms with van der Waals surface area (Å²) in [5.74, 6) is -0.517. The molecule has 4 rings (SSSR count). The van der Waals surface area contributed by atoms with Crippen LogP contribution in [0, 0.1) is 0 Å². The Labute approximate surface area is 158 Å². The summed E-state index contributed by atoms with van der Waals surface area (Å²) in [4.78, 5) is 51.7. The Kier molecular flexibility index (Phi) is 4.07. The second-order valence-corrected chi connectivity index (χ2v) is 6.70. The molecule has 3 heterocycles. The normalized spacial score (nSPS) is 15.6. The molecule has 1 aromatic carbocycles. The first-order valence-corrected chi connectivity index (χ1v) is 8.59. The largest absolute Gasteiger partial charge is 0.332 e. The number of hydrogen-bond donors (Lipinski definition) is 1. The minimum Gasteiger partial charge on any atom is -0.323 e. The van der Waals surface area contributed by atoms with E-state index in [1.54, 1.807) is 17.7 Å². The molecule has 0 saturated carbocycles. The van der Waals surface area contributed by atoms with E-state index in [2.05, 4.69) is 10.3 Å². The monoisotopic (exact) mass is 379 g/mol. The summed E-state index contributed by atoms with van der Waals surface area (Å²) in [7, 11) is 3.01. The zero-order valence-corrected chi connectivity index (χ0v) is 15.3. The molecular formula is C19H17N5O4. The quantitative estimate of drug-likeness (QED) is 0.506. The molecule has 1 saturated heterocycles. The molecule has 0 atom stereocenters. The molecule has 3 aromatic rings. The van der Waals surface area contributed by atoms with Crippen molar-refractivity contribution in [3.8, 4) is 0 Å². The van der Waals surface area contributed by atoms with Crippen molar-refractivity contribution in [2.75, 3.05) is 0 Å². The van der Waals surface area contributed by atoms with Gasteiger partial charge in [0.15, 0.2) is 16.9 Å². The molecule has 9 heteroatoms. The van der Waals surface area contributed by atoms with E-state index in [9.17, 15) is 19.2 Å². The van der Waals surface area contributed by atoms with Gasteiger partial charge >= 0.3 is 5.69 Å². The number of ketones is 1. The molecule has 1 aliphatic rings. The number of Topliss-reactive ketones (excluding diaryl/α,β-unsaturated/α-hetero) is 1. The lowest BCUT2D eigenvalue weighted by atomic mass is 10.1. The lowest BCUT2D eigenvalue weighted by Crippen LogP contribution is -2.37. The summed E-state index contributed by atoms with van der Waals surface area (Å²) in [6, 6.07) is 7.39. The zero-order valence-electron chi connectivity index (χ0n) is 15.3. The van der Waals surface area contributed by atoms with Gasteiger partial charge in [0.25, 0.3) is 5.56 Å². The van der Waals surface area contributed by atoms with Crippen LogP contribution in [0.1, 0.15) is 17.5 Å². The van der Waals surface area contributed by atoms with Crippen LogP contribution in [0.5, 0.6) is 0 Å². The number of carbonyl (C=O) groups is 2. The number of nitrogens with zero attached hydrogens (tertiary/aromatic N) is 4. The lowest BCUT2D eigenvalue weighted by molar-refractivity contribution is -0.121. The van der Waals surface area contributed by atoms with Gasteiger partial charge in [-0.1, -0.05) is 24.3 Å². The third-order valence-electron chi connectivity index (χ3n) is 4.76. The van der Waals surface area contributed by atoms with Gasteiger partial charge in [0.2, 0.25) is 5.91 Å². The zero-order chi connectivity index (χ0) is 20.0. The van der Waals surface area contributed by atoms with E-state index in [4.69, 9.17) is 0 Å². The predicted molar refractivity (Wildman–Crippen MR) is 102 cm³/mol. The topological polar surface area (TPSA) is 108 Å². The van der Waals surface area contributed by atoms with Gasteiger partial charge in [-0.05, 0) is 17.2 Å². The minimum atomic E-state index is -0.423. The number of aromatic nitrogens is 4. The van der Waals surface area contributed by atoms with Crippen molar-refractivity contribution < 1.29 is 9.59 Å². The van der Waals surface area contributed by atoms with Crippen LogP contribution in [0.25, 0.3) is 17.2 Å². The van der Waals surface area contributed by atoms with E-state index in [1.165, 1.54) is 17.9 Å². The Morgan fingerprint density at radius 2 is 1.79 bits per heavy atom. The Hall–Kier alpha value is -3.75. The number of carbonyl (C=O) groups excluding carboxylic acids is 2. The number of allylic oxidation sites excluding steroid dienone is 1. The van der Waals surface area contributed by atoms with E-state index >= 15 is 0 Å². The average Bonchev–Trinajstić information content (AvgIpc) is 3.22. The highest BCUT2D eigenvalue weighted by molar-refractivity contribution is 6.16. The predicted octanol–water partition coefficient (Wildman–Crippen LogP) is -0.0881. The number of aryl methyl sites for hydroxylation is 1. The molecule has 0 aliphatic carbocycles. The number of nitrogens with one attached hydrogen (secondary N) is 1. The van der Waals surface area contributed by atoms with Crippen molar-refractivity contribution in [3.63, 3.8) is 0 Å². The van der Waals surface area contributed by atoms with Gasteiger partial charge < -0.3 is 9.88 Å². The number of benzene rings is 1. The van der Waals surface area contributed by atoms with Gasteiger partial charge in [0.1, 0.15) is 0 Å². The van der Waals surface area contributed by atoms with Crippen LogP contribution in [0.15, 0.2) is 45.9 Å². The fourth-order valence-corrected chi connectivity index (χ4v) is 3.22. The molecule has 1 aliphatic heterocycles. The van der Waals surface area contributed by atoms with Crippen LogP contribution < -0.4 is 16.6 Å². The standard InChI is InChI=1S/C19H17N5O4/c1-22-17-16(18(27)23(2)19(22)28)24(10-20-17)9-12-5-3-11(4-6-12)7-13-14(25)8-15(26)21-13/h3-7,10H,8-9H2,1-2H3,(H,21,26)/b13-7-. The first-order chi connectivity index (χ1) is 13.3. The molecule has 1 N–H and O–H groups in total. The molecule has 0 unspecified atom stereocenters. The molecule has 28 heavy (non-hydrogen) atoms. The molecule has 1 fully saturated rings. The number of fused-ring (bicyclic) bond motifs is 1. The van der Waals surface area contributed by atoms with Crippen LogP contribution in [0.2, 0.25) is 0 Å². The van der Waals surface area contributed by atoms with E-state index in [-0.39, 0.29) is 18.1 Å². The van der Waals surface area contributed by atoms with Crippen molar-refractivity contribution >= 4 is 28.9 Å². The Balaban J connectivity index is 1.65. The number of hydrogen-bond acceptors (Lipinski definition) is 5.